The Bertz CT molecular complexity index is 713. The van der Waals surface area contributed by atoms with Gasteiger partial charge in [-0.1, -0.05) is 0 Å². The van der Waals surface area contributed by atoms with Crippen molar-refractivity contribution in [2.45, 2.75) is 25.8 Å². The number of nitrogens with one attached hydrogen (secondary N) is 1. The molecule has 0 saturated carbocycles. The molecule has 0 atom stereocenters. The average Bonchev–Trinajstić information content (AvgIpc) is 3.07. The van der Waals surface area contributed by atoms with Gasteiger partial charge in [-0.25, -0.2) is 4.98 Å². The zero-order chi connectivity index (χ0) is 18.5. The predicted molar refractivity (Wildman–Crippen MR) is 105 cm³/mol. The van der Waals surface area contributed by atoms with Crippen LogP contribution >= 0.6 is 0 Å². The zero-order valence-corrected chi connectivity index (χ0v) is 15.8. The Morgan fingerprint density at radius 3 is 2.78 bits per heavy atom. The Morgan fingerprint density at radius 1 is 1.15 bits per heavy atom. The van der Waals surface area contributed by atoms with Crippen LogP contribution in [-0.2, 0) is 6.54 Å². The molecule has 0 aliphatic carbocycles. The molecule has 0 unspecified atom stereocenters. The van der Waals surface area contributed by atoms with Crippen LogP contribution in [0.5, 0.6) is 0 Å². The van der Waals surface area contributed by atoms with Crippen molar-refractivity contribution >= 4 is 11.7 Å². The molecule has 2 fully saturated rings. The van der Waals surface area contributed by atoms with Gasteiger partial charge in [0.25, 0.3) is 5.91 Å². The van der Waals surface area contributed by atoms with E-state index in [1.807, 2.05) is 40.2 Å². The van der Waals surface area contributed by atoms with Crippen molar-refractivity contribution in [3.05, 3.63) is 42.4 Å². The van der Waals surface area contributed by atoms with Crippen LogP contribution in [0, 0.1) is 5.92 Å². The molecular formula is C20H28N6O. The molecule has 7 heteroatoms. The molecule has 0 radical (unpaired) electrons. The summed E-state index contributed by atoms with van der Waals surface area (Å²) in [5.41, 5.74) is 0.692. The summed E-state index contributed by atoms with van der Waals surface area (Å²) in [6.45, 7) is 6.57. The van der Waals surface area contributed by atoms with Crippen molar-refractivity contribution < 1.29 is 4.79 Å². The van der Waals surface area contributed by atoms with Crippen molar-refractivity contribution in [2.24, 2.45) is 5.92 Å². The molecule has 27 heavy (non-hydrogen) atoms. The first-order valence-electron chi connectivity index (χ1n) is 9.98. The van der Waals surface area contributed by atoms with Gasteiger partial charge in [-0.15, -0.1) is 0 Å². The van der Waals surface area contributed by atoms with E-state index in [9.17, 15) is 4.79 Å². The minimum atomic E-state index is 0.101. The van der Waals surface area contributed by atoms with Crippen LogP contribution in [0.2, 0.25) is 0 Å². The van der Waals surface area contributed by atoms with Gasteiger partial charge in [0.05, 0.1) is 5.56 Å². The van der Waals surface area contributed by atoms with Crippen LogP contribution < -0.4 is 10.2 Å². The smallest absolute Gasteiger partial charge is 0.255 e. The van der Waals surface area contributed by atoms with Gasteiger partial charge in [0, 0.05) is 57.9 Å². The number of anilines is 1. The third-order valence-corrected chi connectivity index (χ3v) is 5.57. The van der Waals surface area contributed by atoms with Gasteiger partial charge >= 0.3 is 0 Å². The Labute approximate surface area is 160 Å². The summed E-state index contributed by atoms with van der Waals surface area (Å²) in [5, 5.41) is 7.69. The fraction of sp³-hybridized carbons (Fsp3) is 0.550. The molecule has 0 aromatic carbocycles. The van der Waals surface area contributed by atoms with E-state index in [-0.39, 0.29) is 5.91 Å². The highest BCUT2D eigenvalue weighted by atomic mass is 16.2. The van der Waals surface area contributed by atoms with Gasteiger partial charge in [0.2, 0.25) is 0 Å². The van der Waals surface area contributed by atoms with E-state index in [1.165, 1.54) is 0 Å². The van der Waals surface area contributed by atoms with Crippen LogP contribution in [0.15, 0.2) is 36.8 Å². The summed E-state index contributed by atoms with van der Waals surface area (Å²) in [6, 6.07) is 5.87. The van der Waals surface area contributed by atoms with E-state index in [1.54, 1.807) is 6.20 Å². The second-order valence-electron chi connectivity index (χ2n) is 7.46. The third-order valence-electron chi connectivity index (χ3n) is 5.57. The molecule has 2 saturated heterocycles. The van der Waals surface area contributed by atoms with Gasteiger partial charge < -0.3 is 15.1 Å². The van der Waals surface area contributed by atoms with Crippen molar-refractivity contribution in [3.63, 3.8) is 0 Å². The maximum absolute atomic E-state index is 12.8. The van der Waals surface area contributed by atoms with Crippen molar-refractivity contribution in [1.29, 1.82) is 0 Å². The number of likely N-dealkylation sites (tertiary alicyclic amines) is 1. The molecule has 1 amide bonds. The standard InChI is InChI=1S/C20H28N6O/c27-20(25-12-5-17(6-13-25)16-26-11-2-8-23-26)18-3-4-19(22-15-18)24-10-1-7-21-9-14-24/h2-4,8,11,15,17,21H,1,5-7,9-10,12-14,16H2. The summed E-state index contributed by atoms with van der Waals surface area (Å²) >= 11 is 0. The summed E-state index contributed by atoms with van der Waals surface area (Å²) in [6.07, 6.45) is 8.74. The van der Waals surface area contributed by atoms with Crippen LogP contribution in [0.1, 0.15) is 29.6 Å². The normalized spacial score (nSPS) is 19.1. The lowest BCUT2D eigenvalue weighted by Gasteiger charge is -2.32. The molecule has 7 nitrogen and oxygen atoms in total. The molecule has 2 aromatic rings. The minimum absolute atomic E-state index is 0.101. The summed E-state index contributed by atoms with van der Waals surface area (Å²) in [7, 11) is 0. The molecule has 4 rings (SSSR count). The molecule has 1 N–H and O–H groups in total. The van der Waals surface area contributed by atoms with E-state index in [4.69, 9.17) is 0 Å². The van der Waals surface area contributed by atoms with Crippen molar-refractivity contribution in [2.75, 3.05) is 44.2 Å². The number of carbonyl (C=O) groups excluding carboxylic acids is 1. The van der Waals surface area contributed by atoms with Crippen LogP contribution in [0.4, 0.5) is 5.82 Å². The predicted octanol–water partition coefficient (Wildman–Crippen LogP) is 1.63. The fourth-order valence-electron chi connectivity index (χ4n) is 3.95. The number of hydrogen-bond donors (Lipinski definition) is 1. The molecule has 2 aromatic heterocycles. The largest absolute Gasteiger partial charge is 0.355 e. The second-order valence-corrected chi connectivity index (χ2v) is 7.46. The van der Waals surface area contributed by atoms with Gasteiger partial charge in [-0.2, -0.15) is 5.10 Å². The maximum atomic E-state index is 12.8. The molecule has 4 heterocycles. The van der Waals surface area contributed by atoms with Crippen LogP contribution in [0.25, 0.3) is 0 Å². The molecule has 0 spiro atoms. The van der Waals surface area contributed by atoms with Gasteiger partial charge in [-0.3, -0.25) is 9.48 Å². The first-order valence-corrected chi connectivity index (χ1v) is 9.98. The molecule has 2 aliphatic rings. The lowest BCUT2D eigenvalue weighted by atomic mass is 9.96. The van der Waals surface area contributed by atoms with Gasteiger partial charge in [-0.05, 0) is 49.9 Å². The Kier molecular flexibility index (Phi) is 5.67. The number of rotatable bonds is 4. The Balaban J connectivity index is 1.31. The molecule has 0 bridgehead atoms. The maximum Gasteiger partial charge on any atom is 0.255 e. The van der Waals surface area contributed by atoms with E-state index in [0.29, 0.717) is 11.5 Å². The highest BCUT2D eigenvalue weighted by Crippen LogP contribution is 2.21. The number of carbonyl (C=O) groups is 1. The van der Waals surface area contributed by atoms with Crippen LogP contribution in [0.3, 0.4) is 0 Å². The van der Waals surface area contributed by atoms with E-state index in [2.05, 4.69) is 20.3 Å². The van der Waals surface area contributed by atoms with Crippen molar-refractivity contribution in [1.82, 2.24) is 25.0 Å². The first kappa shape index (κ1) is 18.0. The highest BCUT2D eigenvalue weighted by Gasteiger charge is 2.24. The first-order chi connectivity index (χ1) is 13.3. The lowest BCUT2D eigenvalue weighted by molar-refractivity contribution is 0.0681. The quantitative estimate of drug-likeness (QED) is 0.889. The number of aromatic nitrogens is 3. The fourth-order valence-corrected chi connectivity index (χ4v) is 3.95. The summed E-state index contributed by atoms with van der Waals surface area (Å²) in [4.78, 5) is 21.6. The highest BCUT2D eigenvalue weighted by molar-refractivity contribution is 5.94. The second kappa shape index (κ2) is 8.52. The Hall–Kier alpha value is -2.41. The monoisotopic (exact) mass is 368 g/mol. The number of pyridine rings is 1. The van der Waals surface area contributed by atoms with E-state index in [0.717, 1.165) is 70.9 Å². The molecule has 2 aliphatic heterocycles. The summed E-state index contributed by atoms with van der Waals surface area (Å²) in [5.74, 6) is 1.66. The topological polar surface area (TPSA) is 66.3 Å². The number of nitrogens with zero attached hydrogens (tertiary/aromatic N) is 5. The summed E-state index contributed by atoms with van der Waals surface area (Å²) < 4.78 is 1.99. The van der Waals surface area contributed by atoms with E-state index < -0.39 is 0 Å². The molecular weight excluding hydrogens is 340 g/mol. The number of hydrogen-bond acceptors (Lipinski definition) is 5. The Morgan fingerprint density at radius 2 is 2.04 bits per heavy atom. The average molecular weight is 368 g/mol. The zero-order valence-electron chi connectivity index (χ0n) is 15.8. The van der Waals surface area contributed by atoms with Gasteiger partial charge in [0.1, 0.15) is 5.82 Å². The molecule has 144 valence electrons. The van der Waals surface area contributed by atoms with E-state index >= 15 is 0 Å². The lowest BCUT2D eigenvalue weighted by Crippen LogP contribution is -2.39. The van der Waals surface area contributed by atoms with Crippen LogP contribution in [-0.4, -0.2) is 64.8 Å². The number of piperidine rings is 1. The third kappa shape index (κ3) is 4.47. The SMILES string of the molecule is O=C(c1ccc(N2CCCNCC2)nc1)N1CCC(Cn2cccn2)CC1. The van der Waals surface area contributed by atoms with Gasteiger partial charge in [0.15, 0.2) is 0 Å². The minimum Gasteiger partial charge on any atom is -0.355 e. The number of amides is 1. The van der Waals surface area contributed by atoms with Crippen molar-refractivity contribution in [3.8, 4) is 0 Å².